The lowest BCUT2D eigenvalue weighted by Gasteiger charge is -2.29. The Kier molecular flexibility index (Phi) is 9.13. The summed E-state index contributed by atoms with van der Waals surface area (Å²) in [6, 6.07) is 10.5. The highest BCUT2D eigenvalue weighted by atomic mass is 35.5. The molecule has 36 heavy (non-hydrogen) atoms. The number of ether oxygens (including phenoxy) is 1. The Hall–Kier alpha value is -3.17. The fraction of sp³-hybridized carbons (Fsp3) is 0.481. The van der Waals surface area contributed by atoms with Gasteiger partial charge in [-0.3, -0.25) is 4.79 Å². The molecule has 1 aromatic carbocycles. The minimum absolute atomic E-state index is 0.0429. The molecular weight excluding hydrogens is 478 g/mol. The highest BCUT2D eigenvalue weighted by molar-refractivity contribution is 6.31. The van der Waals surface area contributed by atoms with Gasteiger partial charge in [-0.05, 0) is 68.7 Å². The van der Waals surface area contributed by atoms with E-state index in [1.807, 2.05) is 6.07 Å². The first-order valence-corrected chi connectivity index (χ1v) is 12.8. The lowest BCUT2D eigenvalue weighted by Crippen LogP contribution is -2.40. The standard InChI is InChI=1S/C27H30ClN5O3/c28-25-17-24(8-4-19(25)18-29)36-23-9-5-20(6-10-23)30-27(35)26-11-7-21(31-32-26)3-1-2-14-33-15-12-22(34)13-16-33/h4,7-8,11,17,20,22-23,34H,2,5-6,9-10,12-16H2,(H,30,35). The van der Waals surface area contributed by atoms with Crippen LogP contribution in [0.25, 0.3) is 0 Å². The van der Waals surface area contributed by atoms with Crippen molar-refractivity contribution in [2.75, 3.05) is 19.6 Å². The fourth-order valence-corrected chi connectivity index (χ4v) is 4.68. The van der Waals surface area contributed by atoms with Crippen molar-refractivity contribution >= 4 is 17.5 Å². The van der Waals surface area contributed by atoms with Gasteiger partial charge < -0.3 is 20.1 Å². The lowest BCUT2D eigenvalue weighted by atomic mass is 9.93. The van der Waals surface area contributed by atoms with Crippen molar-refractivity contribution in [1.82, 2.24) is 20.4 Å². The zero-order valence-electron chi connectivity index (χ0n) is 20.1. The molecule has 2 fully saturated rings. The molecule has 2 aromatic rings. The minimum atomic E-state index is -0.238. The Morgan fingerprint density at radius 1 is 1.14 bits per heavy atom. The number of aliphatic hydroxyl groups is 1. The van der Waals surface area contributed by atoms with Gasteiger partial charge >= 0.3 is 0 Å². The maximum absolute atomic E-state index is 12.6. The molecule has 188 valence electrons. The zero-order chi connectivity index (χ0) is 25.3. The number of nitrogens with zero attached hydrogens (tertiary/aromatic N) is 4. The summed E-state index contributed by atoms with van der Waals surface area (Å²) in [6.07, 6.45) is 5.47. The molecule has 1 saturated heterocycles. The smallest absolute Gasteiger partial charge is 0.272 e. The highest BCUT2D eigenvalue weighted by Crippen LogP contribution is 2.27. The van der Waals surface area contributed by atoms with Crippen LogP contribution in [0.4, 0.5) is 0 Å². The van der Waals surface area contributed by atoms with Crippen LogP contribution >= 0.6 is 11.6 Å². The summed E-state index contributed by atoms with van der Waals surface area (Å²) in [4.78, 5) is 14.9. The van der Waals surface area contributed by atoms with Crippen molar-refractivity contribution in [2.45, 2.75) is 63.2 Å². The first-order valence-electron chi connectivity index (χ1n) is 12.4. The van der Waals surface area contributed by atoms with Crippen molar-refractivity contribution in [3.8, 4) is 23.7 Å². The van der Waals surface area contributed by atoms with Gasteiger partial charge in [0, 0.05) is 38.2 Å². The molecule has 2 N–H and O–H groups in total. The summed E-state index contributed by atoms with van der Waals surface area (Å²) in [5.74, 6) is 6.53. The molecule has 1 aliphatic heterocycles. The highest BCUT2D eigenvalue weighted by Gasteiger charge is 2.24. The molecule has 2 aliphatic rings. The number of benzene rings is 1. The number of carbonyl (C=O) groups excluding carboxylic acids is 1. The summed E-state index contributed by atoms with van der Waals surface area (Å²) in [5.41, 5.74) is 1.24. The van der Waals surface area contributed by atoms with Crippen LogP contribution in [0.1, 0.15) is 66.7 Å². The van der Waals surface area contributed by atoms with E-state index >= 15 is 0 Å². The Balaban J connectivity index is 1.18. The Morgan fingerprint density at radius 2 is 1.92 bits per heavy atom. The monoisotopic (exact) mass is 507 g/mol. The van der Waals surface area contributed by atoms with Gasteiger partial charge in [0.25, 0.3) is 5.91 Å². The number of hydrogen-bond acceptors (Lipinski definition) is 7. The number of aromatic nitrogens is 2. The molecule has 1 amide bonds. The van der Waals surface area contributed by atoms with Crippen LogP contribution in [0.3, 0.4) is 0 Å². The second-order valence-electron chi connectivity index (χ2n) is 9.25. The average molecular weight is 508 g/mol. The van der Waals surface area contributed by atoms with Crippen LogP contribution in [0, 0.1) is 23.2 Å². The molecule has 1 aliphatic carbocycles. The van der Waals surface area contributed by atoms with Crippen molar-refractivity contribution in [2.24, 2.45) is 0 Å². The Morgan fingerprint density at radius 3 is 2.58 bits per heavy atom. The van der Waals surface area contributed by atoms with E-state index in [-0.39, 0.29) is 29.9 Å². The van der Waals surface area contributed by atoms with Crippen LogP contribution in [0.15, 0.2) is 30.3 Å². The van der Waals surface area contributed by atoms with Gasteiger partial charge in [-0.25, -0.2) is 0 Å². The normalized spacial score (nSPS) is 20.6. The molecular formula is C27H30ClN5O3. The SMILES string of the molecule is N#Cc1ccc(OC2CCC(NC(=O)c3ccc(C#CCCN4CCC(O)CC4)nn3)CC2)cc1Cl. The molecule has 4 rings (SSSR count). The predicted octanol–water partition coefficient (Wildman–Crippen LogP) is 3.32. The van der Waals surface area contributed by atoms with Crippen molar-refractivity contribution in [1.29, 1.82) is 5.26 Å². The van der Waals surface area contributed by atoms with E-state index in [2.05, 4.69) is 32.3 Å². The van der Waals surface area contributed by atoms with Crippen LogP contribution in [0.2, 0.25) is 5.02 Å². The number of nitrogens with one attached hydrogen (secondary N) is 1. The van der Waals surface area contributed by atoms with Gasteiger partial charge in [0.05, 0.1) is 22.8 Å². The number of rotatable bonds is 6. The number of aliphatic hydroxyl groups excluding tert-OH is 1. The van der Waals surface area contributed by atoms with Crippen molar-refractivity contribution in [3.63, 3.8) is 0 Å². The number of amides is 1. The number of hydrogen-bond donors (Lipinski definition) is 2. The first kappa shape index (κ1) is 25.9. The molecule has 0 radical (unpaired) electrons. The molecule has 0 atom stereocenters. The molecule has 0 bridgehead atoms. The first-order chi connectivity index (χ1) is 17.5. The van der Waals surface area contributed by atoms with Crippen LogP contribution < -0.4 is 10.1 Å². The van der Waals surface area contributed by atoms with E-state index in [1.165, 1.54) is 0 Å². The topological polar surface area (TPSA) is 111 Å². The van der Waals surface area contributed by atoms with Gasteiger partial charge in [-0.15, -0.1) is 10.2 Å². The van der Waals surface area contributed by atoms with Gasteiger partial charge in [-0.1, -0.05) is 17.5 Å². The third-order valence-corrected chi connectivity index (χ3v) is 6.91. The van der Waals surface area contributed by atoms with E-state index in [0.29, 0.717) is 22.0 Å². The largest absolute Gasteiger partial charge is 0.490 e. The van der Waals surface area contributed by atoms with Crippen LogP contribution in [0.5, 0.6) is 5.75 Å². The molecule has 1 saturated carbocycles. The van der Waals surface area contributed by atoms with Crippen LogP contribution in [-0.2, 0) is 0 Å². The van der Waals surface area contributed by atoms with E-state index < -0.39 is 0 Å². The second kappa shape index (κ2) is 12.7. The summed E-state index contributed by atoms with van der Waals surface area (Å²) in [7, 11) is 0. The third-order valence-electron chi connectivity index (χ3n) is 6.60. The van der Waals surface area contributed by atoms with Crippen LogP contribution in [-0.4, -0.2) is 64.0 Å². The van der Waals surface area contributed by atoms with E-state index in [4.69, 9.17) is 21.6 Å². The third kappa shape index (κ3) is 7.41. The predicted molar refractivity (Wildman–Crippen MR) is 136 cm³/mol. The lowest BCUT2D eigenvalue weighted by molar-refractivity contribution is 0.0837. The summed E-state index contributed by atoms with van der Waals surface area (Å²) < 4.78 is 6.01. The number of likely N-dealkylation sites (tertiary alicyclic amines) is 1. The van der Waals surface area contributed by atoms with Gasteiger partial charge in [0.15, 0.2) is 5.69 Å². The average Bonchev–Trinajstić information content (AvgIpc) is 2.89. The second-order valence-corrected chi connectivity index (χ2v) is 9.65. The fourth-order valence-electron chi connectivity index (χ4n) is 4.47. The summed E-state index contributed by atoms with van der Waals surface area (Å²) >= 11 is 6.08. The number of carbonyl (C=O) groups is 1. The molecule has 1 aromatic heterocycles. The zero-order valence-corrected chi connectivity index (χ0v) is 20.9. The van der Waals surface area contributed by atoms with Crippen molar-refractivity contribution < 1.29 is 14.6 Å². The van der Waals surface area contributed by atoms with E-state index in [1.54, 1.807) is 30.3 Å². The van der Waals surface area contributed by atoms with Gasteiger partial charge in [-0.2, -0.15) is 5.26 Å². The summed E-state index contributed by atoms with van der Waals surface area (Å²) in [5, 5.41) is 30.1. The summed E-state index contributed by atoms with van der Waals surface area (Å²) in [6.45, 7) is 2.70. The maximum atomic E-state index is 12.6. The van der Waals surface area contributed by atoms with Crippen molar-refractivity contribution in [3.05, 3.63) is 52.3 Å². The molecule has 0 unspecified atom stereocenters. The van der Waals surface area contributed by atoms with Gasteiger partial charge in [0.1, 0.15) is 17.5 Å². The van der Waals surface area contributed by atoms with E-state index in [0.717, 1.165) is 64.6 Å². The Bertz CT molecular complexity index is 1140. The Labute approximate surface area is 216 Å². The van der Waals surface area contributed by atoms with E-state index in [9.17, 15) is 9.90 Å². The maximum Gasteiger partial charge on any atom is 0.272 e. The minimum Gasteiger partial charge on any atom is -0.490 e. The molecule has 9 heteroatoms. The quantitative estimate of drug-likeness (QED) is 0.577. The number of nitriles is 1. The number of halogens is 1. The molecule has 0 spiro atoms. The van der Waals surface area contributed by atoms with Gasteiger partial charge in [0.2, 0.25) is 0 Å². The number of piperidine rings is 1. The molecule has 2 heterocycles. The molecule has 8 nitrogen and oxygen atoms in total.